The molecule has 0 N–H and O–H groups in total. The maximum absolute atomic E-state index is 12.8. The Balaban J connectivity index is 0.00000182. The normalized spacial score (nSPS) is 42.8. The predicted molar refractivity (Wildman–Crippen MR) is 89.7 cm³/mol. The Bertz CT molecular complexity index is 574. The van der Waals surface area contributed by atoms with Gasteiger partial charge >= 0.3 is 5.97 Å². The van der Waals surface area contributed by atoms with Gasteiger partial charge in [-0.3, -0.25) is 4.79 Å². The molecular formula is C20H29O4Y-. The fraction of sp³-hybridized carbons (Fsp3) is 0.800. The second-order valence-corrected chi connectivity index (χ2v) is 8.54. The Hall–Kier alpha value is 0.234. The smallest absolute Gasteiger partial charge is 0.315 e. The van der Waals surface area contributed by atoms with Gasteiger partial charge in [-0.25, -0.2) is 0 Å². The number of hydrogen-bond acceptors (Lipinski definition) is 4. The largest absolute Gasteiger partial charge is 0.431 e. The first-order chi connectivity index (χ1) is 11.5. The number of fused-ring (bicyclic) bond motifs is 4. The summed E-state index contributed by atoms with van der Waals surface area (Å²) in [7, 11) is 1.64. The third kappa shape index (κ3) is 3.19. The Kier molecular flexibility index (Phi) is 5.86. The molecule has 2 saturated carbocycles. The average Bonchev–Trinajstić information content (AvgIpc) is 2.95. The van der Waals surface area contributed by atoms with E-state index in [-0.39, 0.29) is 61.5 Å². The van der Waals surface area contributed by atoms with Crippen molar-refractivity contribution in [2.24, 2.45) is 22.7 Å². The summed E-state index contributed by atoms with van der Waals surface area (Å²) in [6, 6.07) is 0. The zero-order valence-electron chi connectivity index (χ0n) is 15.7. The maximum Gasteiger partial charge on any atom is 0.315 e. The van der Waals surface area contributed by atoms with E-state index in [4.69, 9.17) is 14.2 Å². The fourth-order valence-electron chi connectivity index (χ4n) is 5.67. The third-order valence-electron chi connectivity index (χ3n) is 7.25. The van der Waals surface area contributed by atoms with Crippen LogP contribution in [0.5, 0.6) is 0 Å². The zero-order valence-corrected chi connectivity index (χ0v) is 18.5. The Morgan fingerprint density at radius 1 is 1.24 bits per heavy atom. The summed E-state index contributed by atoms with van der Waals surface area (Å²) >= 11 is 0. The SMILES string of the molecule is COCO[C@H]1CC[C@]2(C)C3=C(OC(=O)[C@H]2C1)[C@@H]1CC[CH-][C@@]1(C)CC3.[Y]. The number of ether oxygens (including phenoxy) is 3. The van der Waals surface area contributed by atoms with Crippen molar-refractivity contribution < 1.29 is 51.7 Å². The number of esters is 1. The molecule has 137 valence electrons. The van der Waals surface area contributed by atoms with Crippen molar-refractivity contribution in [3.05, 3.63) is 17.8 Å². The van der Waals surface area contributed by atoms with Crippen LogP contribution in [0.3, 0.4) is 0 Å². The molecule has 0 saturated heterocycles. The van der Waals surface area contributed by atoms with Crippen molar-refractivity contribution in [1.29, 1.82) is 0 Å². The predicted octanol–water partition coefficient (Wildman–Crippen LogP) is 4.00. The number of hydrogen-bond donors (Lipinski definition) is 0. The van der Waals surface area contributed by atoms with E-state index in [2.05, 4.69) is 20.3 Å². The van der Waals surface area contributed by atoms with E-state index in [0.29, 0.717) is 12.7 Å². The molecular weight excluding hydrogens is 393 g/mol. The molecule has 25 heavy (non-hydrogen) atoms. The van der Waals surface area contributed by atoms with Crippen LogP contribution in [0.25, 0.3) is 0 Å². The van der Waals surface area contributed by atoms with Gasteiger partial charge < -0.3 is 20.6 Å². The van der Waals surface area contributed by atoms with E-state index in [1.54, 1.807) is 7.11 Å². The van der Waals surface area contributed by atoms with Crippen LogP contribution in [-0.4, -0.2) is 26.0 Å². The topological polar surface area (TPSA) is 44.8 Å². The molecule has 0 aromatic heterocycles. The second kappa shape index (κ2) is 7.33. The first-order valence-corrected chi connectivity index (χ1v) is 9.38. The number of carbonyl (C=O) groups excluding carboxylic acids is 1. The van der Waals surface area contributed by atoms with Gasteiger partial charge in [0.2, 0.25) is 0 Å². The van der Waals surface area contributed by atoms with Gasteiger partial charge in [0.25, 0.3) is 0 Å². The summed E-state index contributed by atoms with van der Waals surface area (Å²) in [5.41, 5.74) is 1.62. The Labute approximate surface area is 176 Å². The first-order valence-electron chi connectivity index (χ1n) is 9.38. The van der Waals surface area contributed by atoms with Crippen molar-refractivity contribution in [2.45, 2.75) is 64.9 Å². The molecule has 2 fully saturated rings. The van der Waals surface area contributed by atoms with Gasteiger partial charge in [0.15, 0.2) is 0 Å². The number of methoxy groups -OCH3 is 1. The average molecular weight is 422 g/mol. The summed E-state index contributed by atoms with van der Waals surface area (Å²) in [4.78, 5) is 12.8. The maximum atomic E-state index is 12.8. The minimum Gasteiger partial charge on any atom is -0.431 e. The summed E-state index contributed by atoms with van der Waals surface area (Å²) in [5, 5.41) is 0. The zero-order chi connectivity index (χ0) is 16.9. The summed E-state index contributed by atoms with van der Waals surface area (Å²) in [6.07, 6.45) is 9.85. The van der Waals surface area contributed by atoms with Crippen molar-refractivity contribution in [2.75, 3.05) is 13.9 Å². The molecule has 0 amide bonds. The molecule has 1 aliphatic heterocycles. The molecule has 0 aromatic rings. The van der Waals surface area contributed by atoms with Crippen molar-refractivity contribution >= 4 is 5.97 Å². The molecule has 0 unspecified atom stereocenters. The van der Waals surface area contributed by atoms with E-state index < -0.39 is 0 Å². The Morgan fingerprint density at radius 2 is 2.04 bits per heavy atom. The minimum absolute atomic E-state index is 0. The van der Waals surface area contributed by atoms with Crippen molar-refractivity contribution in [3.8, 4) is 0 Å². The fourth-order valence-corrected chi connectivity index (χ4v) is 5.67. The molecule has 4 rings (SSSR count). The van der Waals surface area contributed by atoms with Crippen LogP contribution in [0.15, 0.2) is 11.3 Å². The van der Waals surface area contributed by atoms with Crippen LogP contribution in [0.1, 0.15) is 58.8 Å². The minimum atomic E-state index is -0.0680. The van der Waals surface area contributed by atoms with E-state index >= 15 is 0 Å². The van der Waals surface area contributed by atoms with Gasteiger partial charge in [0.05, 0.1) is 12.0 Å². The summed E-state index contributed by atoms with van der Waals surface area (Å²) < 4.78 is 16.8. The number of rotatable bonds is 3. The van der Waals surface area contributed by atoms with Gasteiger partial charge in [-0.1, -0.05) is 26.7 Å². The first kappa shape index (κ1) is 20.0. The van der Waals surface area contributed by atoms with Crippen molar-refractivity contribution in [3.63, 3.8) is 0 Å². The monoisotopic (exact) mass is 422 g/mol. The van der Waals surface area contributed by atoms with Crippen molar-refractivity contribution in [1.82, 2.24) is 0 Å². The van der Waals surface area contributed by atoms with Crippen LogP contribution in [0, 0.1) is 29.1 Å². The quantitative estimate of drug-likeness (QED) is 0.392. The van der Waals surface area contributed by atoms with E-state index in [1.165, 1.54) is 12.0 Å². The molecule has 3 aliphatic carbocycles. The molecule has 0 spiro atoms. The van der Waals surface area contributed by atoms with E-state index in [1.807, 2.05) is 0 Å². The van der Waals surface area contributed by atoms with Crippen LogP contribution >= 0.6 is 0 Å². The third-order valence-corrected chi connectivity index (χ3v) is 7.25. The van der Waals surface area contributed by atoms with E-state index in [9.17, 15) is 4.79 Å². The standard InChI is InChI=1S/C20H29O4.Y/c1-19-8-4-5-14(19)17-15(7-9-19)20(2)10-6-13(23-12-22-3)11-16(20)18(21)24-17;/h8,13-14,16H,4-7,9-12H2,1-3H3;/q-1;/t13-,14-,16+,19-,20+;/m0./s1. The number of carbonyl (C=O) groups is 1. The Morgan fingerprint density at radius 3 is 2.80 bits per heavy atom. The molecule has 5 atom stereocenters. The number of allylic oxidation sites excluding steroid dienone is 2. The molecule has 4 aliphatic rings. The van der Waals surface area contributed by atoms with Gasteiger partial charge in [0, 0.05) is 45.2 Å². The molecule has 5 heteroatoms. The molecule has 0 bridgehead atoms. The van der Waals surface area contributed by atoms with Gasteiger partial charge in [-0.2, -0.15) is 6.42 Å². The molecule has 1 radical (unpaired) electrons. The van der Waals surface area contributed by atoms with Crippen LogP contribution < -0.4 is 0 Å². The molecule has 1 heterocycles. The van der Waals surface area contributed by atoms with Crippen LogP contribution in [-0.2, 0) is 51.7 Å². The van der Waals surface area contributed by atoms with Crippen LogP contribution in [0.4, 0.5) is 0 Å². The summed E-state index contributed by atoms with van der Waals surface area (Å²) in [5.74, 6) is 1.35. The van der Waals surface area contributed by atoms with Gasteiger partial charge in [-0.05, 0) is 37.2 Å². The van der Waals surface area contributed by atoms with Crippen LogP contribution in [0.2, 0.25) is 0 Å². The molecule has 4 nitrogen and oxygen atoms in total. The molecule has 0 aromatic carbocycles. The second-order valence-electron chi connectivity index (χ2n) is 8.54. The van der Waals surface area contributed by atoms with Gasteiger partial charge in [-0.15, -0.1) is 5.41 Å². The van der Waals surface area contributed by atoms with Gasteiger partial charge in [0.1, 0.15) is 12.6 Å². The van der Waals surface area contributed by atoms with E-state index in [0.717, 1.165) is 44.3 Å². The summed E-state index contributed by atoms with van der Waals surface area (Å²) in [6.45, 7) is 4.93.